The molecule has 0 spiro atoms. The Kier molecular flexibility index (Phi) is 5.24. The van der Waals surface area contributed by atoms with Crippen LogP contribution in [0.15, 0.2) is 71.7 Å². The summed E-state index contributed by atoms with van der Waals surface area (Å²) < 4.78 is 28.8. The van der Waals surface area contributed by atoms with Gasteiger partial charge in [-0.3, -0.25) is 4.68 Å². The highest BCUT2D eigenvalue weighted by atomic mass is 32.2. The van der Waals surface area contributed by atoms with E-state index in [1.807, 2.05) is 60.1 Å². The van der Waals surface area contributed by atoms with E-state index in [4.69, 9.17) is 0 Å². The van der Waals surface area contributed by atoms with Crippen molar-refractivity contribution in [1.82, 2.24) is 14.5 Å². The van der Waals surface area contributed by atoms with Crippen LogP contribution in [0, 0.1) is 0 Å². The molecule has 1 N–H and O–H groups in total. The van der Waals surface area contributed by atoms with Gasteiger partial charge < -0.3 is 0 Å². The topological polar surface area (TPSA) is 64.0 Å². The van der Waals surface area contributed by atoms with Gasteiger partial charge in [0.2, 0.25) is 10.0 Å². The molecule has 1 aromatic carbocycles. The van der Waals surface area contributed by atoms with Crippen molar-refractivity contribution in [3.63, 3.8) is 0 Å². The molecule has 24 heavy (non-hydrogen) atoms. The van der Waals surface area contributed by atoms with Crippen molar-refractivity contribution in [2.75, 3.05) is 6.54 Å². The summed E-state index contributed by atoms with van der Waals surface area (Å²) in [6.45, 7) is 0.240. The van der Waals surface area contributed by atoms with Gasteiger partial charge in [0.25, 0.3) is 0 Å². The molecule has 0 bridgehead atoms. The lowest BCUT2D eigenvalue weighted by Gasteiger charge is -2.16. The summed E-state index contributed by atoms with van der Waals surface area (Å²) in [5, 5.41) is 7.40. The maximum atomic E-state index is 12.2. The van der Waals surface area contributed by atoms with Crippen molar-refractivity contribution in [3.05, 3.63) is 82.2 Å². The van der Waals surface area contributed by atoms with Crippen LogP contribution in [0.1, 0.15) is 16.5 Å². The summed E-state index contributed by atoms with van der Waals surface area (Å²) in [7, 11) is -3.52. The van der Waals surface area contributed by atoms with E-state index in [9.17, 15) is 8.42 Å². The zero-order valence-corrected chi connectivity index (χ0v) is 14.5. The molecule has 0 fully saturated rings. The largest absolute Gasteiger partial charge is 0.263 e. The smallest absolute Gasteiger partial charge is 0.233 e. The molecule has 0 aliphatic rings. The summed E-state index contributed by atoms with van der Waals surface area (Å²) in [5.74, 6) is 0. The van der Waals surface area contributed by atoms with Crippen LogP contribution in [-0.4, -0.2) is 24.7 Å². The minimum absolute atomic E-state index is 0.167. The first-order valence-corrected chi connectivity index (χ1v) is 9.82. The lowest BCUT2D eigenvalue weighted by atomic mass is 10.2. The van der Waals surface area contributed by atoms with Gasteiger partial charge >= 0.3 is 0 Å². The molecule has 124 valence electrons. The van der Waals surface area contributed by atoms with Gasteiger partial charge in [0.1, 0.15) is 0 Å². The maximum Gasteiger partial charge on any atom is 0.233 e. The van der Waals surface area contributed by atoms with E-state index in [0.717, 1.165) is 10.4 Å². The number of benzene rings is 1. The molecule has 2 heterocycles. The van der Waals surface area contributed by atoms with Crippen LogP contribution in [0.3, 0.4) is 0 Å². The van der Waals surface area contributed by atoms with Gasteiger partial charge in [0.15, 0.2) is 0 Å². The second-order valence-electron chi connectivity index (χ2n) is 5.12. The van der Waals surface area contributed by atoms with E-state index < -0.39 is 10.0 Å². The average Bonchev–Trinajstić information content (AvgIpc) is 3.28. The monoisotopic (exact) mass is 359 g/mol. The summed E-state index contributed by atoms with van der Waals surface area (Å²) in [5.41, 5.74) is 0.838. The Labute approximate surface area is 145 Å². The summed E-state index contributed by atoms with van der Waals surface area (Å²) in [4.78, 5) is 1.05. The normalized spacial score (nSPS) is 13.3. The Bertz CT molecular complexity index is 837. The molecule has 0 amide bonds. The van der Waals surface area contributed by atoms with Crippen LogP contribution in [0.4, 0.5) is 0 Å². The van der Waals surface area contributed by atoms with Gasteiger partial charge in [-0.1, -0.05) is 36.4 Å². The van der Waals surface area contributed by atoms with Gasteiger partial charge in [-0.2, -0.15) is 5.10 Å². The van der Waals surface area contributed by atoms with E-state index in [1.54, 1.807) is 28.3 Å². The molecule has 0 aliphatic heterocycles. The Morgan fingerprint density at radius 2 is 2.00 bits per heavy atom. The lowest BCUT2D eigenvalue weighted by Crippen LogP contribution is -2.30. The number of hydrogen-bond donors (Lipinski definition) is 1. The Morgan fingerprint density at radius 1 is 1.17 bits per heavy atom. The molecule has 1 atom stereocenters. The molecule has 3 rings (SSSR count). The SMILES string of the molecule is O=S(=O)(C=Cc1ccccc1)NCC(c1cccs1)n1cccn1. The molecule has 3 aromatic rings. The third kappa shape index (κ3) is 4.41. The predicted molar refractivity (Wildman–Crippen MR) is 97.1 cm³/mol. The van der Waals surface area contributed by atoms with Crippen molar-refractivity contribution >= 4 is 27.4 Å². The number of aromatic nitrogens is 2. The zero-order chi connectivity index (χ0) is 16.8. The number of hydrogen-bond acceptors (Lipinski definition) is 4. The van der Waals surface area contributed by atoms with Crippen LogP contribution in [0.2, 0.25) is 0 Å². The molecular weight excluding hydrogens is 342 g/mol. The highest BCUT2D eigenvalue weighted by molar-refractivity contribution is 7.92. The summed E-state index contributed by atoms with van der Waals surface area (Å²) in [6, 6.07) is 14.9. The van der Waals surface area contributed by atoms with E-state index in [0.29, 0.717) is 0 Å². The fourth-order valence-electron chi connectivity index (χ4n) is 2.25. The molecule has 0 saturated heterocycles. The first-order valence-electron chi connectivity index (χ1n) is 7.39. The second kappa shape index (κ2) is 7.57. The molecule has 0 aliphatic carbocycles. The number of nitrogens with zero attached hydrogens (tertiary/aromatic N) is 2. The quantitative estimate of drug-likeness (QED) is 0.705. The minimum atomic E-state index is -3.52. The molecular formula is C17H17N3O2S2. The van der Waals surface area contributed by atoms with E-state index in [1.165, 1.54) is 5.41 Å². The van der Waals surface area contributed by atoms with Crippen molar-refractivity contribution in [3.8, 4) is 0 Å². The standard InChI is InChI=1S/C17H17N3O2S2/c21-24(22,13-9-15-6-2-1-3-7-15)19-14-16(17-8-4-12-23-17)20-11-5-10-18-20/h1-13,16,19H,14H2. The van der Waals surface area contributed by atoms with Crippen molar-refractivity contribution in [1.29, 1.82) is 0 Å². The second-order valence-corrected chi connectivity index (χ2v) is 7.75. The maximum absolute atomic E-state index is 12.2. The van der Waals surface area contributed by atoms with Crippen molar-refractivity contribution in [2.24, 2.45) is 0 Å². The average molecular weight is 359 g/mol. The van der Waals surface area contributed by atoms with Crippen LogP contribution in [0.5, 0.6) is 0 Å². The Balaban J connectivity index is 1.71. The number of sulfonamides is 1. The predicted octanol–water partition coefficient (Wildman–Crippen LogP) is 3.12. The molecule has 0 saturated carbocycles. The van der Waals surface area contributed by atoms with Gasteiger partial charge in [-0.15, -0.1) is 11.3 Å². The molecule has 1 unspecified atom stereocenters. The van der Waals surface area contributed by atoms with Gasteiger partial charge in [-0.05, 0) is 29.2 Å². The van der Waals surface area contributed by atoms with Crippen molar-refractivity contribution < 1.29 is 8.42 Å². The Morgan fingerprint density at radius 3 is 2.67 bits per heavy atom. The molecule has 2 aromatic heterocycles. The highest BCUT2D eigenvalue weighted by Crippen LogP contribution is 2.22. The third-order valence-corrected chi connectivity index (χ3v) is 5.47. The lowest BCUT2D eigenvalue weighted by molar-refractivity contribution is 0.514. The van der Waals surface area contributed by atoms with Crippen molar-refractivity contribution in [2.45, 2.75) is 6.04 Å². The number of rotatable bonds is 7. The summed E-state index contributed by atoms with van der Waals surface area (Å²) in [6.07, 6.45) is 5.10. The van der Waals surface area contributed by atoms with Gasteiger partial charge in [0.05, 0.1) is 6.04 Å². The fourth-order valence-corrected chi connectivity index (χ4v) is 3.89. The highest BCUT2D eigenvalue weighted by Gasteiger charge is 2.17. The Hall–Kier alpha value is -2.22. The van der Waals surface area contributed by atoms with Crippen LogP contribution in [-0.2, 0) is 10.0 Å². The first-order chi connectivity index (χ1) is 11.6. The van der Waals surface area contributed by atoms with Crippen LogP contribution in [0.25, 0.3) is 6.08 Å². The number of nitrogens with one attached hydrogen (secondary N) is 1. The fraction of sp³-hybridized carbons (Fsp3) is 0.118. The molecule has 5 nitrogen and oxygen atoms in total. The minimum Gasteiger partial charge on any atom is -0.263 e. The van der Waals surface area contributed by atoms with Gasteiger partial charge in [-0.25, -0.2) is 13.1 Å². The third-order valence-electron chi connectivity index (χ3n) is 3.43. The van der Waals surface area contributed by atoms with Crippen LogP contribution < -0.4 is 4.72 Å². The zero-order valence-electron chi connectivity index (χ0n) is 12.8. The van der Waals surface area contributed by atoms with E-state index >= 15 is 0 Å². The molecule has 7 heteroatoms. The van der Waals surface area contributed by atoms with E-state index in [2.05, 4.69) is 9.82 Å². The number of thiophene rings is 1. The summed E-state index contributed by atoms with van der Waals surface area (Å²) >= 11 is 1.58. The van der Waals surface area contributed by atoms with Gasteiger partial charge in [0, 0.05) is 29.2 Å². The first kappa shape index (κ1) is 16.6. The van der Waals surface area contributed by atoms with Crippen LogP contribution >= 0.6 is 11.3 Å². The molecule has 0 radical (unpaired) electrons. The van der Waals surface area contributed by atoms with E-state index in [-0.39, 0.29) is 12.6 Å².